The highest BCUT2D eigenvalue weighted by Gasteiger charge is 2.06. The molecule has 0 unspecified atom stereocenters. The monoisotopic (exact) mass is 263 g/mol. The Morgan fingerprint density at radius 2 is 2.07 bits per heavy atom. The summed E-state index contributed by atoms with van der Waals surface area (Å²) in [5.74, 6) is 1.02. The van der Waals surface area contributed by atoms with Crippen molar-refractivity contribution in [1.82, 2.24) is 10.2 Å². The predicted molar refractivity (Wildman–Crippen MR) is 65.5 cm³/mol. The Balaban J connectivity index is 2.32. The van der Waals surface area contributed by atoms with Gasteiger partial charge in [-0.05, 0) is 6.42 Å². The van der Waals surface area contributed by atoms with Gasteiger partial charge in [-0.3, -0.25) is 4.79 Å². The van der Waals surface area contributed by atoms with Crippen molar-refractivity contribution in [3.63, 3.8) is 0 Å². The van der Waals surface area contributed by atoms with E-state index in [2.05, 4.69) is 17.1 Å². The lowest BCUT2D eigenvalue weighted by Gasteiger charge is -1.92. The molecule has 15 heavy (non-hydrogen) atoms. The molecule has 0 saturated carbocycles. The van der Waals surface area contributed by atoms with Crippen LogP contribution in [0.5, 0.6) is 0 Å². The number of hydrogen-bond acceptors (Lipinski definition) is 6. The molecule has 0 saturated heterocycles. The van der Waals surface area contributed by atoms with Crippen LogP contribution in [0.4, 0.5) is 0 Å². The third-order valence-electron chi connectivity index (χ3n) is 1.45. The molecule has 0 aliphatic carbocycles. The molecule has 1 rings (SSSR count). The molecule has 0 aromatic carbocycles. The Labute approximate surface area is 101 Å². The normalized spacial score (nSPS) is 10.5. The lowest BCUT2D eigenvalue weighted by molar-refractivity contribution is -0.115. The number of primary amides is 1. The van der Waals surface area contributed by atoms with Gasteiger partial charge in [-0.25, -0.2) is 0 Å². The van der Waals surface area contributed by atoms with Crippen LogP contribution in [0.25, 0.3) is 0 Å². The molecule has 1 heterocycles. The van der Waals surface area contributed by atoms with Crippen molar-refractivity contribution in [2.45, 2.75) is 28.4 Å². The summed E-state index contributed by atoms with van der Waals surface area (Å²) >= 11 is 4.58. The van der Waals surface area contributed by atoms with Crippen LogP contribution in [0.2, 0.25) is 0 Å². The summed E-state index contributed by atoms with van der Waals surface area (Å²) in [7, 11) is 0. The quantitative estimate of drug-likeness (QED) is 0.602. The molecule has 1 aromatic heterocycles. The minimum atomic E-state index is -0.324. The second kappa shape index (κ2) is 7.08. The van der Waals surface area contributed by atoms with E-state index in [0.717, 1.165) is 14.4 Å². The molecular weight excluding hydrogens is 250 g/mol. The van der Waals surface area contributed by atoms with Crippen molar-refractivity contribution in [2.75, 3.05) is 11.5 Å². The van der Waals surface area contributed by atoms with Gasteiger partial charge >= 0.3 is 0 Å². The molecule has 0 spiro atoms. The number of carbonyl (C=O) groups excluding carboxylic acids is 1. The summed E-state index contributed by atoms with van der Waals surface area (Å²) in [5.41, 5.74) is 5.04. The number of nitrogens with two attached hydrogens (primary N) is 1. The van der Waals surface area contributed by atoms with Gasteiger partial charge in [-0.15, -0.1) is 10.2 Å². The third kappa shape index (κ3) is 5.39. The van der Waals surface area contributed by atoms with Gasteiger partial charge in [0, 0.05) is 5.75 Å². The van der Waals surface area contributed by atoms with Gasteiger partial charge in [-0.1, -0.05) is 48.2 Å². The van der Waals surface area contributed by atoms with E-state index >= 15 is 0 Å². The van der Waals surface area contributed by atoms with Crippen LogP contribution < -0.4 is 5.73 Å². The maximum absolute atomic E-state index is 10.5. The third-order valence-corrected chi connectivity index (χ3v) is 4.75. The Bertz CT molecular complexity index is 316. The van der Waals surface area contributed by atoms with Gasteiger partial charge < -0.3 is 5.73 Å². The van der Waals surface area contributed by atoms with E-state index in [0.29, 0.717) is 0 Å². The maximum Gasteiger partial charge on any atom is 0.227 e. The van der Waals surface area contributed by atoms with Gasteiger partial charge in [-0.2, -0.15) is 0 Å². The molecule has 0 atom stereocenters. The first-order valence-electron chi connectivity index (χ1n) is 4.59. The second-order valence-corrected chi connectivity index (χ2v) is 6.33. The first-order chi connectivity index (χ1) is 7.22. The van der Waals surface area contributed by atoms with Gasteiger partial charge in [0.15, 0.2) is 8.68 Å². The van der Waals surface area contributed by atoms with Crippen LogP contribution in [0.3, 0.4) is 0 Å². The molecule has 1 amide bonds. The van der Waals surface area contributed by atoms with Crippen molar-refractivity contribution < 1.29 is 4.79 Å². The predicted octanol–water partition coefficient (Wildman–Crippen LogP) is 2.01. The number of hydrogen-bond donors (Lipinski definition) is 1. The van der Waals surface area contributed by atoms with Crippen molar-refractivity contribution in [3.8, 4) is 0 Å². The van der Waals surface area contributed by atoms with E-state index in [-0.39, 0.29) is 11.7 Å². The molecule has 1 aromatic rings. The Morgan fingerprint density at radius 1 is 1.40 bits per heavy atom. The van der Waals surface area contributed by atoms with E-state index in [4.69, 9.17) is 5.73 Å². The van der Waals surface area contributed by atoms with Gasteiger partial charge in [0.1, 0.15) is 0 Å². The molecule has 7 heteroatoms. The highest BCUT2D eigenvalue weighted by molar-refractivity contribution is 8.03. The number of carbonyl (C=O) groups is 1. The molecule has 2 N–H and O–H groups in total. The number of unbranched alkanes of at least 4 members (excludes halogenated alkanes) is 1. The van der Waals surface area contributed by atoms with E-state index in [9.17, 15) is 4.79 Å². The average molecular weight is 263 g/mol. The lowest BCUT2D eigenvalue weighted by atomic mass is 10.4. The summed E-state index contributed by atoms with van der Waals surface area (Å²) in [6.45, 7) is 2.16. The molecule has 0 aliphatic heterocycles. The van der Waals surface area contributed by atoms with Crippen LogP contribution >= 0.6 is 34.9 Å². The highest BCUT2D eigenvalue weighted by atomic mass is 32.2. The smallest absolute Gasteiger partial charge is 0.227 e. The number of amides is 1. The summed E-state index contributed by atoms with van der Waals surface area (Å²) in [6, 6.07) is 0. The number of aromatic nitrogens is 2. The van der Waals surface area contributed by atoms with Crippen LogP contribution in [-0.2, 0) is 4.79 Å². The Morgan fingerprint density at radius 3 is 2.67 bits per heavy atom. The summed E-state index contributed by atoms with van der Waals surface area (Å²) < 4.78 is 1.78. The minimum absolute atomic E-state index is 0.272. The fraction of sp³-hybridized carbons (Fsp3) is 0.625. The topological polar surface area (TPSA) is 68.9 Å². The molecular formula is C8H13N3OS3. The average Bonchev–Trinajstić information content (AvgIpc) is 2.63. The van der Waals surface area contributed by atoms with Gasteiger partial charge in [0.2, 0.25) is 5.91 Å². The van der Waals surface area contributed by atoms with Crippen molar-refractivity contribution in [2.24, 2.45) is 5.73 Å². The van der Waals surface area contributed by atoms with Crippen LogP contribution in [-0.4, -0.2) is 27.6 Å². The van der Waals surface area contributed by atoms with Crippen LogP contribution in [0.1, 0.15) is 19.8 Å². The van der Waals surface area contributed by atoms with Crippen molar-refractivity contribution in [3.05, 3.63) is 0 Å². The summed E-state index contributed by atoms with van der Waals surface area (Å²) in [4.78, 5) is 10.5. The van der Waals surface area contributed by atoms with Crippen molar-refractivity contribution >= 4 is 40.8 Å². The van der Waals surface area contributed by atoms with E-state index in [1.165, 1.54) is 35.9 Å². The number of thioether (sulfide) groups is 2. The van der Waals surface area contributed by atoms with Crippen LogP contribution in [0.15, 0.2) is 8.68 Å². The first kappa shape index (κ1) is 12.8. The second-order valence-electron chi connectivity index (χ2n) is 2.79. The fourth-order valence-electron chi connectivity index (χ4n) is 0.751. The zero-order chi connectivity index (χ0) is 11.1. The largest absolute Gasteiger partial charge is 0.369 e. The summed E-state index contributed by atoms with van der Waals surface area (Å²) in [5, 5.41) is 7.99. The SMILES string of the molecule is CCCCSc1nnc(SCC(N)=O)s1. The Kier molecular flexibility index (Phi) is 6.04. The number of nitrogens with zero attached hydrogens (tertiary/aromatic N) is 2. The Hall–Kier alpha value is -0.270. The standard InChI is InChI=1S/C8H13N3OS3/c1-2-3-4-13-7-10-11-8(15-7)14-5-6(9)12/h2-5H2,1H3,(H2,9,12). The first-order valence-corrected chi connectivity index (χ1v) is 7.38. The van der Waals surface area contributed by atoms with E-state index in [1.54, 1.807) is 11.8 Å². The van der Waals surface area contributed by atoms with E-state index < -0.39 is 0 Å². The number of rotatable bonds is 7. The van der Waals surface area contributed by atoms with E-state index in [1.807, 2.05) is 0 Å². The lowest BCUT2D eigenvalue weighted by Crippen LogP contribution is -2.12. The maximum atomic E-state index is 10.5. The molecule has 0 bridgehead atoms. The molecule has 4 nitrogen and oxygen atoms in total. The molecule has 0 fully saturated rings. The molecule has 0 aliphatic rings. The minimum Gasteiger partial charge on any atom is -0.369 e. The van der Waals surface area contributed by atoms with Gasteiger partial charge in [0.05, 0.1) is 5.75 Å². The zero-order valence-electron chi connectivity index (χ0n) is 8.43. The van der Waals surface area contributed by atoms with Gasteiger partial charge in [0.25, 0.3) is 0 Å². The molecule has 0 radical (unpaired) electrons. The highest BCUT2D eigenvalue weighted by Crippen LogP contribution is 2.28. The van der Waals surface area contributed by atoms with Crippen molar-refractivity contribution in [1.29, 1.82) is 0 Å². The fourth-order valence-corrected chi connectivity index (χ4v) is 3.66. The van der Waals surface area contributed by atoms with Crippen LogP contribution in [0, 0.1) is 0 Å². The zero-order valence-corrected chi connectivity index (χ0v) is 10.9. The molecule has 84 valence electrons. The summed E-state index contributed by atoms with van der Waals surface area (Å²) in [6.07, 6.45) is 2.38.